The zero-order valence-corrected chi connectivity index (χ0v) is 18.5. The molecule has 5 nitrogen and oxygen atoms in total. The Kier molecular flexibility index (Phi) is 6.22. The van der Waals surface area contributed by atoms with Crippen LogP contribution >= 0.6 is 0 Å². The van der Waals surface area contributed by atoms with E-state index in [0.29, 0.717) is 55.5 Å². The summed E-state index contributed by atoms with van der Waals surface area (Å²) in [6, 6.07) is 6.59. The van der Waals surface area contributed by atoms with Crippen LogP contribution in [0.4, 0.5) is 8.78 Å². The van der Waals surface area contributed by atoms with Crippen LogP contribution in [0.3, 0.4) is 0 Å². The molecule has 0 aliphatic carbocycles. The first-order chi connectivity index (χ1) is 15.8. The molecule has 7 heteroatoms. The highest BCUT2D eigenvalue weighted by Crippen LogP contribution is 2.44. The van der Waals surface area contributed by atoms with Crippen molar-refractivity contribution in [3.63, 3.8) is 0 Å². The number of allylic oxidation sites excluding steroid dienone is 3. The topological polar surface area (TPSA) is 49.9 Å². The molecule has 0 bridgehead atoms. The van der Waals surface area contributed by atoms with Crippen molar-refractivity contribution in [1.82, 2.24) is 9.80 Å². The Bertz CT molecular complexity index is 1090. The number of nitrogens with zero attached hydrogens (tertiary/aromatic N) is 2. The number of halogens is 2. The number of carbonyl (C=O) groups is 2. The second-order valence-electron chi connectivity index (χ2n) is 8.69. The molecule has 0 aromatic heterocycles. The molecule has 0 radical (unpaired) electrons. The highest BCUT2D eigenvalue weighted by Gasteiger charge is 2.58. The number of fused-ring (bicyclic) bond motifs is 1. The smallest absolute Gasteiger partial charge is 0.257 e. The van der Waals surface area contributed by atoms with E-state index < -0.39 is 29.5 Å². The average Bonchev–Trinajstić information content (AvgIpc) is 3.31. The Morgan fingerprint density at radius 1 is 1.24 bits per heavy atom. The van der Waals surface area contributed by atoms with Gasteiger partial charge in [0.25, 0.3) is 11.8 Å². The lowest BCUT2D eigenvalue weighted by Crippen LogP contribution is -2.52. The van der Waals surface area contributed by atoms with E-state index >= 15 is 0 Å². The standard InChI is InChI=1S/C26H26F2N2O3/c1-4-19-7-5-6-8-21(19)24(31)29-13-11-26(12-14-29)25(32)30-22(9-10-23(30)33-26)17(2)15-20(28)16-18(3)27/h1,5-8,15-16,22-23H,2,9-14H2,3H3/b18-16+,20-15+/t22-,23+/m0/s1. The zero-order valence-electron chi connectivity index (χ0n) is 18.5. The van der Waals surface area contributed by atoms with Crippen molar-refractivity contribution in [2.24, 2.45) is 0 Å². The van der Waals surface area contributed by atoms with Gasteiger partial charge < -0.3 is 14.5 Å². The Balaban J connectivity index is 1.45. The van der Waals surface area contributed by atoms with Crippen LogP contribution in [0, 0.1) is 12.3 Å². The number of amides is 2. The summed E-state index contributed by atoms with van der Waals surface area (Å²) in [7, 11) is 0. The van der Waals surface area contributed by atoms with Gasteiger partial charge in [-0.15, -0.1) is 6.42 Å². The number of ether oxygens (including phenoxy) is 1. The van der Waals surface area contributed by atoms with Crippen LogP contribution in [0.5, 0.6) is 0 Å². The number of terminal acetylenes is 1. The summed E-state index contributed by atoms with van der Waals surface area (Å²) in [5, 5.41) is 0. The van der Waals surface area contributed by atoms with Gasteiger partial charge in [-0.3, -0.25) is 9.59 Å². The number of benzene rings is 1. The van der Waals surface area contributed by atoms with Gasteiger partial charge in [0.05, 0.1) is 17.4 Å². The van der Waals surface area contributed by atoms with E-state index in [1.165, 1.54) is 6.08 Å². The second-order valence-corrected chi connectivity index (χ2v) is 8.69. The number of hydrogen-bond donors (Lipinski definition) is 0. The first-order valence-corrected chi connectivity index (χ1v) is 11.0. The fraction of sp³-hybridized carbons (Fsp3) is 0.385. The molecule has 3 heterocycles. The third-order valence-electron chi connectivity index (χ3n) is 6.58. The molecular weight excluding hydrogens is 426 g/mol. The molecular formula is C26H26F2N2O3. The molecule has 0 saturated carbocycles. The Morgan fingerprint density at radius 3 is 2.61 bits per heavy atom. The Labute approximate surface area is 192 Å². The molecule has 0 unspecified atom stereocenters. The van der Waals surface area contributed by atoms with Crippen molar-refractivity contribution in [2.45, 2.75) is 50.5 Å². The quantitative estimate of drug-likeness (QED) is 0.506. The molecule has 33 heavy (non-hydrogen) atoms. The molecule has 4 rings (SSSR count). The number of likely N-dealkylation sites (tertiary alicyclic amines) is 1. The van der Waals surface area contributed by atoms with Crippen LogP contribution in [0.1, 0.15) is 48.5 Å². The lowest BCUT2D eigenvalue weighted by atomic mass is 9.89. The molecule has 3 fully saturated rings. The normalized spacial score (nSPS) is 24.7. The fourth-order valence-corrected chi connectivity index (χ4v) is 4.95. The molecule has 172 valence electrons. The van der Waals surface area contributed by atoms with Gasteiger partial charge in [0.15, 0.2) is 5.60 Å². The third-order valence-corrected chi connectivity index (χ3v) is 6.58. The molecule has 1 spiro atoms. The van der Waals surface area contributed by atoms with Gasteiger partial charge in [-0.2, -0.15) is 0 Å². The van der Waals surface area contributed by atoms with E-state index in [1.807, 2.05) is 0 Å². The average molecular weight is 453 g/mol. The van der Waals surface area contributed by atoms with Crippen molar-refractivity contribution in [2.75, 3.05) is 13.1 Å². The molecule has 1 aromatic carbocycles. The van der Waals surface area contributed by atoms with E-state index in [4.69, 9.17) is 11.2 Å². The first-order valence-electron chi connectivity index (χ1n) is 11.0. The summed E-state index contributed by atoms with van der Waals surface area (Å²) in [6.45, 7) is 5.80. The minimum absolute atomic E-state index is 0.154. The van der Waals surface area contributed by atoms with Crippen LogP contribution in [-0.4, -0.2) is 52.6 Å². The summed E-state index contributed by atoms with van der Waals surface area (Å²) in [6.07, 6.45) is 9.03. The molecule has 0 N–H and O–H groups in total. The van der Waals surface area contributed by atoms with Gasteiger partial charge >= 0.3 is 0 Å². The number of rotatable bonds is 4. The lowest BCUT2D eigenvalue weighted by Gasteiger charge is -2.37. The van der Waals surface area contributed by atoms with Gasteiger partial charge in [0.1, 0.15) is 12.1 Å². The highest BCUT2D eigenvalue weighted by molar-refractivity contribution is 5.97. The van der Waals surface area contributed by atoms with E-state index in [-0.39, 0.29) is 11.8 Å². The van der Waals surface area contributed by atoms with Crippen molar-refractivity contribution < 1.29 is 23.1 Å². The second kappa shape index (κ2) is 8.95. The number of piperidine rings is 1. The number of hydrogen-bond acceptors (Lipinski definition) is 3. The van der Waals surface area contributed by atoms with E-state index in [2.05, 4.69) is 12.5 Å². The van der Waals surface area contributed by atoms with Crippen LogP contribution in [0.2, 0.25) is 0 Å². The SMILES string of the molecule is C#Cc1ccccc1C(=O)N1CCC2(CC1)O[C@@H]1CC[C@@H](C(=C)/C=C(F)\C=C(/C)F)N1C2=O. The predicted molar refractivity (Wildman–Crippen MR) is 120 cm³/mol. The fourth-order valence-electron chi connectivity index (χ4n) is 4.95. The van der Waals surface area contributed by atoms with Gasteiger partial charge in [-0.05, 0) is 43.5 Å². The monoisotopic (exact) mass is 452 g/mol. The van der Waals surface area contributed by atoms with E-state index in [9.17, 15) is 18.4 Å². The van der Waals surface area contributed by atoms with Crippen molar-refractivity contribution in [1.29, 1.82) is 0 Å². The summed E-state index contributed by atoms with van der Waals surface area (Å²) in [5.74, 6) is 0.834. The van der Waals surface area contributed by atoms with E-state index in [1.54, 1.807) is 34.1 Å². The third kappa shape index (κ3) is 4.23. The minimum Gasteiger partial charge on any atom is -0.342 e. The van der Waals surface area contributed by atoms with Crippen LogP contribution < -0.4 is 0 Å². The van der Waals surface area contributed by atoms with Crippen molar-refractivity contribution >= 4 is 11.8 Å². The molecule has 3 aliphatic heterocycles. The van der Waals surface area contributed by atoms with E-state index in [0.717, 1.165) is 13.0 Å². The maximum Gasteiger partial charge on any atom is 0.257 e. The maximum absolute atomic E-state index is 14.0. The van der Waals surface area contributed by atoms with Gasteiger partial charge in [0.2, 0.25) is 0 Å². The van der Waals surface area contributed by atoms with Crippen molar-refractivity contribution in [3.8, 4) is 12.3 Å². The molecule has 2 amide bonds. The Hall–Kier alpha value is -3.24. The van der Waals surface area contributed by atoms with Gasteiger partial charge in [-0.25, -0.2) is 8.78 Å². The molecule has 3 saturated heterocycles. The van der Waals surface area contributed by atoms with Crippen LogP contribution in [0.15, 0.2) is 60.2 Å². The first kappa shape index (κ1) is 22.9. The Morgan fingerprint density at radius 2 is 1.94 bits per heavy atom. The summed E-state index contributed by atoms with van der Waals surface area (Å²) >= 11 is 0. The molecule has 3 aliphatic rings. The molecule has 1 aromatic rings. The maximum atomic E-state index is 14.0. The van der Waals surface area contributed by atoms with Crippen LogP contribution in [0.25, 0.3) is 0 Å². The summed E-state index contributed by atoms with van der Waals surface area (Å²) in [5.41, 5.74) is 0.415. The molecule has 2 atom stereocenters. The number of carbonyl (C=O) groups excluding carboxylic acids is 2. The van der Waals surface area contributed by atoms with Gasteiger partial charge in [0, 0.05) is 37.6 Å². The largest absolute Gasteiger partial charge is 0.342 e. The van der Waals surface area contributed by atoms with Crippen molar-refractivity contribution in [3.05, 3.63) is 71.4 Å². The van der Waals surface area contributed by atoms with Crippen LogP contribution in [-0.2, 0) is 9.53 Å². The lowest BCUT2D eigenvalue weighted by molar-refractivity contribution is -0.142. The van der Waals surface area contributed by atoms with Gasteiger partial charge in [-0.1, -0.05) is 24.6 Å². The zero-order chi connectivity index (χ0) is 23.8. The summed E-state index contributed by atoms with van der Waals surface area (Å²) < 4.78 is 33.2. The highest BCUT2D eigenvalue weighted by atomic mass is 19.1. The summed E-state index contributed by atoms with van der Waals surface area (Å²) in [4.78, 5) is 29.8. The predicted octanol–water partition coefficient (Wildman–Crippen LogP) is 4.27. The minimum atomic E-state index is -0.996.